The van der Waals surface area contributed by atoms with Crippen LogP contribution in [0, 0.1) is 5.92 Å². The fourth-order valence-corrected chi connectivity index (χ4v) is 4.04. The summed E-state index contributed by atoms with van der Waals surface area (Å²) in [5.41, 5.74) is -1.96. The lowest BCUT2D eigenvalue weighted by Crippen LogP contribution is -2.28. The summed E-state index contributed by atoms with van der Waals surface area (Å²) in [6.07, 6.45) is 3.82. The molecule has 1 N–H and O–H groups in total. The van der Waals surface area contributed by atoms with Gasteiger partial charge in [-0.15, -0.1) is 0 Å². The molecule has 2 aromatic rings. The zero-order chi connectivity index (χ0) is 22.2. The predicted octanol–water partition coefficient (Wildman–Crippen LogP) is 5.10. The van der Waals surface area contributed by atoms with Gasteiger partial charge in [-0.2, -0.15) is 8.78 Å². The van der Waals surface area contributed by atoms with Gasteiger partial charge >= 0.3 is 6.09 Å². The summed E-state index contributed by atoms with van der Waals surface area (Å²) in [6, 6.07) is 2.79. The van der Waals surface area contributed by atoms with Crippen molar-refractivity contribution in [1.82, 2.24) is 15.0 Å². The molecule has 1 fully saturated rings. The van der Waals surface area contributed by atoms with Crippen molar-refractivity contribution < 1.29 is 18.3 Å². The maximum atomic E-state index is 14.4. The van der Waals surface area contributed by atoms with Gasteiger partial charge in [0.15, 0.2) is 0 Å². The number of pyridine rings is 1. The summed E-state index contributed by atoms with van der Waals surface area (Å²) in [5, 5.41) is 2.60. The number of carbonyl (C=O) groups excluding carboxylic acids is 1. The Kier molecular flexibility index (Phi) is 6.06. The molecule has 1 amide bonds. The molecule has 1 saturated carbocycles. The van der Waals surface area contributed by atoms with Crippen LogP contribution in [0.15, 0.2) is 18.5 Å². The normalized spacial score (nSPS) is 18.2. The zero-order valence-corrected chi connectivity index (χ0v) is 18.7. The van der Waals surface area contributed by atoms with Crippen LogP contribution in [0.2, 0.25) is 0 Å². The number of alkyl halides is 2. The van der Waals surface area contributed by atoms with Gasteiger partial charge in [0.1, 0.15) is 29.8 Å². The van der Waals surface area contributed by atoms with E-state index in [0.717, 1.165) is 25.7 Å². The fourth-order valence-electron chi connectivity index (χ4n) is 3.87. The number of hydrogen-bond donors (Lipinski definition) is 1. The maximum Gasteiger partial charge on any atom is 0.413 e. The van der Waals surface area contributed by atoms with Crippen molar-refractivity contribution in [1.29, 1.82) is 0 Å². The van der Waals surface area contributed by atoms with E-state index in [-0.39, 0.29) is 11.5 Å². The highest BCUT2D eigenvalue weighted by Gasteiger charge is 2.42. The highest BCUT2D eigenvalue weighted by molar-refractivity contribution is 7.17. The second kappa shape index (κ2) is 8.61. The average molecular weight is 449 g/mol. The molecule has 31 heavy (non-hydrogen) atoms. The number of halogens is 2. The van der Waals surface area contributed by atoms with Gasteiger partial charge in [-0.05, 0) is 37.8 Å². The number of carbonyl (C=O) groups is 1. The number of anilines is 2. The van der Waals surface area contributed by atoms with Crippen LogP contribution in [0.5, 0.6) is 0 Å². The number of rotatable bonds is 8. The number of nitrogens with one attached hydrogen (secondary N) is 1. The standard InChI is InChI=1S/C21H26F2N5O2P/c1-3-7-28(8-4-2)15-10-13(21(22,23)31)9-14(26-15)17-16-18(12-5-6-12)30-20(29)27-19(16)25-11-24-17/h9-12,18H,3-8,31H2,1-2H3,(H,24,25,27,29). The van der Waals surface area contributed by atoms with Crippen LogP contribution in [0.25, 0.3) is 11.4 Å². The number of cyclic esters (lactones) is 1. The molecule has 0 aromatic carbocycles. The summed E-state index contributed by atoms with van der Waals surface area (Å²) in [4.78, 5) is 27.3. The fraction of sp³-hybridized carbons (Fsp3) is 0.524. The van der Waals surface area contributed by atoms with E-state index in [4.69, 9.17) is 9.72 Å². The Bertz CT molecular complexity index is 975. The Balaban J connectivity index is 1.87. The molecule has 4 rings (SSSR count). The molecule has 2 aromatic heterocycles. The molecule has 0 bridgehead atoms. The van der Waals surface area contributed by atoms with Crippen LogP contribution < -0.4 is 10.2 Å². The van der Waals surface area contributed by atoms with Gasteiger partial charge in [-0.25, -0.2) is 19.7 Å². The van der Waals surface area contributed by atoms with E-state index < -0.39 is 17.9 Å². The van der Waals surface area contributed by atoms with E-state index in [1.807, 2.05) is 18.7 Å². The highest BCUT2D eigenvalue weighted by atomic mass is 31.0. The lowest BCUT2D eigenvalue weighted by Gasteiger charge is -2.28. The molecule has 166 valence electrons. The number of amides is 1. The number of nitrogens with zero attached hydrogens (tertiary/aromatic N) is 4. The summed E-state index contributed by atoms with van der Waals surface area (Å²) in [5.74, 6) is 1.01. The first kappa shape index (κ1) is 21.8. The highest BCUT2D eigenvalue weighted by Crippen LogP contribution is 2.49. The van der Waals surface area contributed by atoms with Crippen molar-refractivity contribution in [2.45, 2.75) is 51.3 Å². The molecule has 10 heteroatoms. The van der Waals surface area contributed by atoms with Crippen LogP contribution in [0.4, 0.5) is 25.2 Å². The largest absolute Gasteiger partial charge is 0.441 e. The Labute approximate surface area is 182 Å². The number of ether oxygens (including phenoxy) is 1. The summed E-state index contributed by atoms with van der Waals surface area (Å²) < 4.78 is 34.3. The number of aromatic nitrogens is 3. The van der Waals surface area contributed by atoms with E-state index in [0.29, 0.717) is 41.7 Å². The van der Waals surface area contributed by atoms with Gasteiger partial charge in [0.2, 0.25) is 0 Å². The van der Waals surface area contributed by atoms with E-state index >= 15 is 0 Å². The summed E-state index contributed by atoms with van der Waals surface area (Å²) in [6.45, 7) is 5.49. The molecule has 2 atom stereocenters. The van der Waals surface area contributed by atoms with Crippen molar-refractivity contribution in [3.63, 3.8) is 0 Å². The van der Waals surface area contributed by atoms with Gasteiger partial charge in [-0.3, -0.25) is 5.32 Å². The molecule has 2 unspecified atom stereocenters. The molecular weight excluding hydrogens is 423 g/mol. The van der Waals surface area contributed by atoms with Crippen LogP contribution in [-0.4, -0.2) is 34.1 Å². The molecule has 2 aliphatic rings. The average Bonchev–Trinajstić information content (AvgIpc) is 3.57. The third kappa shape index (κ3) is 4.61. The third-order valence-electron chi connectivity index (χ3n) is 5.42. The molecular formula is C21H26F2N5O2P. The van der Waals surface area contributed by atoms with Gasteiger partial charge in [0, 0.05) is 24.6 Å². The molecule has 0 radical (unpaired) electrons. The molecule has 1 aliphatic heterocycles. The van der Waals surface area contributed by atoms with Crippen molar-refractivity contribution in [3.8, 4) is 11.4 Å². The van der Waals surface area contributed by atoms with Gasteiger partial charge < -0.3 is 9.64 Å². The SMILES string of the molecule is CCCN(CCC)c1cc(C(F)(F)P)cc(-c2ncnc3c2C(C2CC2)OC(=O)N3)n1. The Morgan fingerprint density at radius 3 is 2.55 bits per heavy atom. The van der Waals surface area contributed by atoms with E-state index in [2.05, 4.69) is 15.3 Å². The Morgan fingerprint density at radius 1 is 1.23 bits per heavy atom. The van der Waals surface area contributed by atoms with Gasteiger partial charge in [-0.1, -0.05) is 23.1 Å². The van der Waals surface area contributed by atoms with Crippen LogP contribution in [-0.2, 0) is 10.4 Å². The minimum atomic E-state index is -3.12. The van der Waals surface area contributed by atoms with Crippen LogP contribution >= 0.6 is 9.24 Å². The molecule has 1 aliphatic carbocycles. The van der Waals surface area contributed by atoms with Crippen molar-refractivity contribution in [3.05, 3.63) is 29.6 Å². The molecule has 0 spiro atoms. The smallest absolute Gasteiger partial charge is 0.413 e. The van der Waals surface area contributed by atoms with Crippen molar-refractivity contribution in [2.24, 2.45) is 5.92 Å². The second-order valence-corrected chi connectivity index (χ2v) is 8.71. The summed E-state index contributed by atoms with van der Waals surface area (Å²) >= 11 is 0. The quantitative estimate of drug-likeness (QED) is 0.565. The van der Waals surface area contributed by atoms with E-state index in [1.165, 1.54) is 18.5 Å². The lowest BCUT2D eigenvalue weighted by atomic mass is 10.00. The number of fused-ring (bicyclic) bond motifs is 1. The number of hydrogen-bond acceptors (Lipinski definition) is 6. The third-order valence-corrected chi connectivity index (χ3v) is 5.76. The second-order valence-electron chi connectivity index (χ2n) is 7.98. The van der Waals surface area contributed by atoms with Crippen LogP contribution in [0.3, 0.4) is 0 Å². The van der Waals surface area contributed by atoms with E-state index in [1.54, 1.807) is 9.24 Å². The van der Waals surface area contributed by atoms with Crippen LogP contribution in [0.1, 0.15) is 56.8 Å². The zero-order valence-electron chi connectivity index (χ0n) is 17.6. The van der Waals surface area contributed by atoms with Gasteiger partial charge in [0.05, 0.1) is 11.3 Å². The molecule has 7 nitrogen and oxygen atoms in total. The summed E-state index contributed by atoms with van der Waals surface area (Å²) in [7, 11) is 1.60. The Hall–Kier alpha value is -2.41. The monoisotopic (exact) mass is 449 g/mol. The first-order valence-corrected chi connectivity index (χ1v) is 11.2. The van der Waals surface area contributed by atoms with Crippen molar-refractivity contribution >= 4 is 27.0 Å². The molecule has 0 saturated heterocycles. The molecule has 3 heterocycles. The van der Waals surface area contributed by atoms with E-state index in [9.17, 15) is 13.6 Å². The first-order valence-electron chi connectivity index (χ1n) is 10.6. The predicted molar refractivity (Wildman–Crippen MR) is 117 cm³/mol. The lowest BCUT2D eigenvalue weighted by molar-refractivity contribution is 0.0926. The minimum absolute atomic E-state index is 0.161. The topological polar surface area (TPSA) is 80.2 Å². The first-order chi connectivity index (χ1) is 14.8. The van der Waals surface area contributed by atoms with Gasteiger partial charge in [0.25, 0.3) is 5.66 Å². The Morgan fingerprint density at radius 2 is 1.94 bits per heavy atom. The minimum Gasteiger partial charge on any atom is -0.441 e. The van der Waals surface area contributed by atoms with Crippen molar-refractivity contribution in [2.75, 3.05) is 23.3 Å². The maximum absolute atomic E-state index is 14.4.